The molecule has 0 aromatic rings. The molecular formula is C5H13N3. The molecule has 48 valence electrons. The van der Waals surface area contributed by atoms with E-state index in [0.717, 1.165) is 25.9 Å². The van der Waals surface area contributed by atoms with Gasteiger partial charge in [-0.2, -0.15) is 0 Å². The van der Waals surface area contributed by atoms with E-state index in [-0.39, 0.29) is 5.66 Å². The summed E-state index contributed by atoms with van der Waals surface area (Å²) in [4.78, 5) is 0. The van der Waals surface area contributed by atoms with Crippen LogP contribution in [0, 0.1) is 0 Å². The summed E-state index contributed by atoms with van der Waals surface area (Å²) in [6, 6.07) is 0. The Morgan fingerprint density at radius 2 is 1.62 bits per heavy atom. The van der Waals surface area contributed by atoms with E-state index in [9.17, 15) is 0 Å². The van der Waals surface area contributed by atoms with Crippen LogP contribution in [0.3, 0.4) is 0 Å². The molecule has 8 heavy (non-hydrogen) atoms. The smallest absolute Gasteiger partial charge is 0.0661 e. The SMILES string of the molecule is NC1(N)CCNCC1. The maximum absolute atomic E-state index is 5.62. The van der Waals surface area contributed by atoms with Gasteiger partial charge < -0.3 is 16.8 Å². The van der Waals surface area contributed by atoms with Gasteiger partial charge in [0.15, 0.2) is 0 Å². The molecule has 3 heteroatoms. The molecule has 1 aliphatic heterocycles. The second-order valence-electron chi connectivity index (χ2n) is 2.48. The lowest BCUT2D eigenvalue weighted by Crippen LogP contribution is -2.55. The third-order valence-electron chi connectivity index (χ3n) is 1.53. The lowest BCUT2D eigenvalue weighted by Gasteiger charge is -2.29. The molecule has 1 fully saturated rings. The normalized spacial score (nSPS) is 27.8. The van der Waals surface area contributed by atoms with Gasteiger partial charge in [0.1, 0.15) is 0 Å². The van der Waals surface area contributed by atoms with Gasteiger partial charge in [0.2, 0.25) is 0 Å². The maximum atomic E-state index is 5.62. The summed E-state index contributed by atoms with van der Waals surface area (Å²) in [5.74, 6) is 0. The van der Waals surface area contributed by atoms with E-state index < -0.39 is 0 Å². The van der Waals surface area contributed by atoms with Crippen molar-refractivity contribution in [1.29, 1.82) is 0 Å². The van der Waals surface area contributed by atoms with Gasteiger partial charge in [0, 0.05) is 0 Å². The van der Waals surface area contributed by atoms with Gasteiger partial charge in [-0.25, -0.2) is 0 Å². The zero-order chi connectivity index (χ0) is 6.04. The van der Waals surface area contributed by atoms with Gasteiger partial charge in [0.25, 0.3) is 0 Å². The summed E-state index contributed by atoms with van der Waals surface area (Å²) < 4.78 is 0. The Balaban J connectivity index is 2.33. The molecule has 3 nitrogen and oxygen atoms in total. The first-order chi connectivity index (χ1) is 3.71. The molecule has 0 saturated carbocycles. The highest BCUT2D eigenvalue weighted by molar-refractivity contribution is 4.82. The fourth-order valence-corrected chi connectivity index (χ4v) is 0.892. The van der Waals surface area contributed by atoms with Gasteiger partial charge in [0.05, 0.1) is 5.66 Å². The largest absolute Gasteiger partial charge is 0.316 e. The van der Waals surface area contributed by atoms with Crippen molar-refractivity contribution in [2.24, 2.45) is 11.5 Å². The van der Waals surface area contributed by atoms with E-state index in [1.54, 1.807) is 0 Å². The predicted octanol–water partition coefficient (Wildman–Crippen LogP) is -1.02. The van der Waals surface area contributed by atoms with Crippen molar-refractivity contribution in [2.75, 3.05) is 13.1 Å². The van der Waals surface area contributed by atoms with Crippen LogP contribution < -0.4 is 16.8 Å². The quantitative estimate of drug-likeness (QED) is 0.354. The summed E-state index contributed by atoms with van der Waals surface area (Å²) in [7, 11) is 0. The fraction of sp³-hybridized carbons (Fsp3) is 1.00. The summed E-state index contributed by atoms with van der Waals surface area (Å²) in [5.41, 5.74) is 10.8. The van der Waals surface area contributed by atoms with Crippen molar-refractivity contribution in [3.63, 3.8) is 0 Å². The van der Waals surface area contributed by atoms with Crippen molar-refractivity contribution in [3.05, 3.63) is 0 Å². The third-order valence-corrected chi connectivity index (χ3v) is 1.53. The Hall–Kier alpha value is -0.120. The Labute approximate surface area is 49.4 Å². The zero-order valence-corrected chi connectivity index (χ0v) is 4.98. The Bertz CT molecular complexity index is 71.7. The molecule has 1 heterocycles. The van der Waals surface area contributed by atoms with Crippen LogP contribution in [0.4, 0.5) is 0 Å². The van der Waals surface area contributed by atoms with E-state index in [1.165, 1.54) is 0 Å². The molecule has 1 saturated heterocycles. The molecule has 0 amide bonds. The van der Waals surface area contributed by atoms with Crippen LogP contribution in [0.5, 0.6) is 0 Å². The molecular weight excluding hydrogens is 102 g/mol. The highest BCUT2D eigenvalue weighted by Gasteiger charge is 2.20. The third kappa shape index (κ3) is 1.43. The first-order valence-electron chi connectivity index (χ1n) is 2.99. The summed E-state index contributed by atoms with van der Waals surface area (Å²) >= 11 is 0. The highest BCUT2D eigenvalue weighted by Crippen LogP contribution is 2.05. The second kappa shape index (κ2) is 2.01. The first-order valence-corrected chi connectivity index (χ1v) is 2.99. The first kappa shape index (κ1) is 6.01. The van der Waals surface area contributed by atoms with Crippen molar-refractivity contribution >= 4 is 0 Å². The maximum Gasteiger partial charge on any atom is 0.0661 e. The van der Waals surface area contributed by atoms with Crippen molar-refractivity contribution in [3.8, 4) is 0 Å². The van der Waals surface area contributed by atoms with Gasteiger partial charge in [-0.1, -0.05) is 0 Å². The molecule has 1 rings (SSSR count). The fourth-order valence-electron chi connectivity index (χ4n) is 0.892. The number of nitrogens with one attached hydrogen (secondary N) is 1. The molecule has 0 aliphatic carbocycles. The Kier molecular flexibility index (Phi) is 1.51. The Morgan fingerprint density at radius 3 is 1.88 bits per heavy atom. The van der Waals surface area contributed by atoms with Gasteiger partial charge >= 0.3 is 0 Å². The van der Waals surface area contributed by atoms with Crippen LogP contribution in [0.2, 0.25) is 0 Å². The van der Waals surface area contributed by atoms with Crippen LogP contribution in [0.25, 0.3) is 0 Å². The summed E-state index contributed by atoms with van der Waals surface area (Å²) in [6.07, 6.45) is 1.79. The molecule has 0 aromatic carbocycles. The van der Waals surface area contributed by atoms with Crippen molar-refractivity contribution < 1.29 is 0 Å². The van der Waals surface area contributed by atoms with Crippen LogP contribution in [-0.4, -0.2) is 18.8 Å². The van der Waals surface area contributed by atoms with E-state index in [1.807, 2.05) is 0 Å². The Morgan fingerprint density at radius 1 is 1.12 bits per heavy atom. The molecule has 0 spiro atoms. The van der Waals surface area contributed by atoms with Crippen molar-refractivity contribution in [2.45, 2.75) is 18.5 Å². The van der Waals surface area contributed by atoms with Gasteiger partial charge in [-0.05, 0) is 25.9 Å². The molecule has 1 aliphatic rings. The van der Waals surface area contributed by atoms with E-state index in [4.69, 9.17) is 11.5 Å². The molecule has 0 bridgehead atoms. The van der Waals surface area contributed by atoms with Gasteiger partial charge in [-0.3, -0.25) is 0 Å². The molecule has 0 aromatic heterocycles. The van der Waals surface area contributed by atoms with Gasteiger partial charge in [-0.15, -0.1) is 0 Å². The lowest BCUT2D eigenvalue weighted by molar-refractivity contribution is 0.320. The topological polar surface area (TPSA) is 64.1 Å². The minimum atomic E-state index is -0.384. The standard InChI is InChI=1S/C5H13N3/c6-5(7)1-3-8-4-2-5/h8H,1-4,6-7H2. The van der Waals surface area contributed by atoms with Crippen LogP contribution in [-0.2, 0) is 0 Å². The molecule has 0 unspecified atom stereocenters. The summed E-state index contributed by atoms with van der Waals surface area (Å²) in [6.45, 7) is 1.93. The molecule has 0 radical (unpaired) electrons. The highest BCUT2D eigenvalue weighted by atomic mass is 15.0. The molecule has 0 atom stereocenters. The minimum Gasteiger partial charge on any atom is -0.316 e. The average Bonchev–Trinajstić information content (AvgIpc) is 1.65. The number of hydrogen-bond donors (Lipinski definition) is 3. The predicted molar refractivity (Wildman–Crippen MR) is 33.2 cm³/mol. The van der Waals surface area contributed by atoms with E-state index >= 15 is 0 Å². The van der Waals surface area contributed by atoms with E-state index in [2.05, 4.69) is 5.32 Å². The number of hydrogen-bond acceptors (Lipinski definition) is 3. The van der Waals surface area contributed by atoms with E-state index in [0.29, 0.717) is 0 Å². The zero-order valence-electron chi connectivity index (χ0n) is 4.98. The summed E-state index contributed by atoms with van der Waals surface area (Å²) in [5, 5.41) is 3.18. The number of nitrogens with two attached hydrogens (primary N) is 2. The number of rotatable bonds is 0. The van der Waals surface area contributed by atoms with Crippen LogP contribution >= 0.6 is 0 Å². The van der Waals surface area contributed by atoms with Crippen molar-refractivity contribution in [1.82, 2.24) is 5.32 Å². The minimum absolute atomic E-state index is 0.384. The number of piperidine rings is 1. The average molecular weight is 115 g/mol. The lowest BCUT2D eigenvalue weighted by atomic mass is 10.0. The van der Waals surface area contributed by atoms with Crippen LogP contribution in [0.15, 0.2) is 0 Å². The molecule has 5 N–H and O–H groups in total. The monoisotopic (exact) mass is 115 g/mol. The van der Waals surface area contributed by atoms with Crippen LogP contribution in [0.1, 0.15) is 12.8 Å². The second-order valence-corrected chi connectivity index (χ2v) is 2.48.